The maximum Gasteiger partial charge on any atom is 0.255 e. The number of hydrogen-bond acceptors (Lipinski definition) is 5. The first-order valence-corrected chi connectivity index (χ1v) is 7.62. The van der Waals surface area contributed by atoms with Crippen LogP contribution < -0.4 is 11.1 Å². The van der Waals surface area contributed by atoms with Gasteiger partial charge in [0.1, 0.15) is 21.5 Å². The van der Waals surface area contributed by atoms with Gasteiger partial charge in [0.05, 0.1) is 23.3 Å². The van der Waals surface area contributed by atoms with Crippen molar-refractivity contribution < 1.29 is 17.6 Å². The topological polar surface area (TPSA) is 102 Å². The lowest BCUT2D eigenvalue weighted by molar-refractivity contribution is 0.0934. The molecule has 1 saturated heterocycles. The Morgan fingerprint density at radius 2 is 2.05 bits per heavy atom. The summed E-state index contributed by atoms with van der Waals surface area (Å²) in [6.45, 7) is 0. The first kappa shape index (κ1) is 13.7. The van der Waals surface area contributed by atoms with Gasteiger partial charge in [0.25, 0.3) is 5.91 Å². The van der Waals surface area contributed by atoms with Gasteiger partial charge in [-0.05, 0) is 18.9 Å². The number of nitrogens with two attached hydrogens (primary N) is 1. The number of nitrogen functional groups attached to an aromatic ring is 1. The number of rotatable bonds is 2. The van der Waals surface area contributed by atoms with E-state index in [1.165, 1.54) is 0 Å². The van der Waals surface area contributed by atoms with Gasteiger partial charge in [-0.2, -0.15) is 0 Å². The number of aromatic nitrogens is 1. The minimum Gasteiger partial charge on any atom is -0.383 e. The van der Waals surface area contributed by atoms with Crippen LogP contribution in [-0.4, -0.2) is 36.9 Å². The van der Waals surface area contributed by atoms with Gasteiger partial charge in [-0.3, -0.25) is 4.79 Å². The molecule has 1 fully saturated rings. The zero-order valence-electron chi connectivity index (χ0n) is 10.1. The van der Waals surface area contributed by atoms with Crippen molar-refractivity contribution in [3.8, 4) is 0 Å². The van der Waals surface area contributed by atoms with Gasteiger partial charge in [-0.1, -0.05) is 0 Å². The SMILES string of the molecule is Nc1ncc(F)cc1C(=O)NC1CCS(=O)(=O)CC1. The molecule has 2 rings (SSSR count). The monoisotopic (exact) mass is 287 g/mol. The molecule has 0 aromatic carbocycles. The van der Waals surface area contributed by atoms with E-state index in [1.807, 2.05) is 0 Å². The highest BCUT2D eigenvalue weighted by Crippen LogP contribution is 2.15. The number of anilines is 1. The molecule has 19 heavy (non-hydrogen) atoms. The van der Waals surface area contributed by atoms with Crippen molar-refractivity contribution in [1.29, 1.82) is 0 Å². The fraction of sp³-hybridized carbons (Fsp3) is 0.455. The van der Waals surface area contributed by atoms with Gasteiger partial charge < -0.3 is 11.1 Å². The predicted molar refractivity (Wildman–Crippen MR) is 67.7 cm³/mol. The maximum atomic E-state index is 13.0. The third-order valence-electron chi connectivity index (χ3n) is 3.02. The smallest absolute Gasteiger partial charge is 0.255 e. The standard InChI is InChI=1S/C11H14FN3O3S/c12-7-5-9(10(13)14-6-7)11(16)15-8-1-3-19(17,18)4-2-8/h5-6,8H,1-4H2,(H2,13,14)(H,15,16). The Morgan fingerprint density at radius 3 is 2.68 bits per heavy atom. The Bertz CT molecular complexity index is 589. The number of nitrogens with zero attached hydrogens (tertiary/aromatic N) is 1. The molecule has 6 nitrogen and oxygen atoms in total. The second-order valence-electron chi connectivity index (χ2n) is 4.49. The summed E-state index contributed by atoms with van der Waals surface area (Å²) < 4.78 is 35.5. The third-order valence-corrected chi connectivity index (χ3v) is 4.74. The summed E-state index contributed by atoms with van der Waals surface area (Å²) >= 11 is 0. The van der Waals surface area contributed by atoms with Crippen molar-refractivity contribution in [3.05, 3.63) is 23.6 Å². The Morgan fingerprint density at radius 1 is 1.42 bits per heavy atom. The van der Waals surface area contributed by atoms with E-state index in [1.54, 1.807) is 0 Å². The molecule has 0 unspecified atom stereocenters. The van der Waals surface area contributed by atoms with E-state index >= 15 is 0 Å². The molecule has 8 heteroatoms. The van der Waals surface area contributed by atoms with Crippen LogP contribution in [0.5, 0.6) is 0 Å². The van der Waals surface area contributed by atoms with Crippen LogP contribution in [-0.2, 0) is 9.84 Å². The minimum absolute atomic E-state index is 0.0339. The van der Waals surface area contributed by atoms with Crippen LogP contribution in [0.4, 0.5) is 10.2 Å². The van der Waals surface area contributed by atoms with E-state index in [-0.39, 0.29) is 28.9 Å². The van der Waals surface area contributed by atoms with Crippen molar-refractivity contribution in [2.75, 3.05) is 17.2 Å². The van der Waals surface area contributed by atoms with E-state index < -0.39 is 21.6 Å². The molecule has 1 aromatic rings. The van der Waals surface area contributed by atoms with E-state index in [0.717, 1.165) is 12.3 Å². The molecule has 3 N–H and O–H groups in total. The molecule has 1 aliphatic heterocycles. The highest BCUT2D eigenvalue weighted by atomic mass is 32.2. The largest absolute Gasteiger partial charge is 0.383 e. The Balaban J connectivity index is 2.04. The molecule has 104 valence electrons. The number of halogens is 1. The van der Waals surface area contributed by atoms with Crippen LogP contribution >= 0.6 is 0 Å². The van der Waals surface area contributed by atoms with Crippen molar-refractivity contribution in [2.24, 2.45) is 0 Å². The first-order chi connectivity index (χ1) is 8.87. The molecule has 0 atom stereocenters. The average molecular weight is 287 g/mol. The van der Waals surface area contributed by atoms with Gasteiger partial charge >= 0.3 is 0 Å². The van der Waals surface area contributed by atoms with Gasteiger partial charge in [0.15, 0.2) is 0 Å². The van der Waals surface area contributed by atoms with Crippen LogP contribution in [0.15, 0.2) is 12.3 Å². The van der Waals surface area contributed by atoms with Gasteiger partial charge in [0.2, 0.25) is 0 Å². The third kappa shape index (κ3) is 3.40. The molecule has 0 aliphatic carbocycles. The zero-order chi connectivity index (χ0) is 14.0. The first-order valence-electron chi connectivity index (χ1n) is 5.80. The average Bonchev–Trinajstić information content (AvgIpc) is 2.35. The van der Waals surface area contributed by atoms with Crippen LogP contribution in [0.3, 0.4) is 0 Å². The van der Waals surface area contributed by atoms with Gasteiger partial charge in [-0.15, -0.1) is 0 Å². The van der Waals surface area contributed by atoms with Crippen LogP contribution in [0.25, 0.3) is 0 Å². The number of carbonyl (C=O) groups is 1. The molecule has 0 spiro atoms. The van der Waals surface area contributed by atoms with Gasteiger partial charge in [-0.25, -0.2) is 17.8 Å². The molecular formula is C11H14FN3O3S. The van der Waals surface area contributed by atoms with Crippen molar-refractivity contribution >= 4 is 21.6 Å². The number of nitrogens with one attached hydrogen (secondary N) is 1. The number of pyridine rings is 1. The van der Waals surface area contributed by atoms with Crippen molar-refractivity contribution in [1.82, 2.24) is 10.3 Å². The molecule has 2 heterocycles. The molecule has 0 bridgehead atoms. The Labute approximate surface area is 110 Å². The molecule has 1 aliphatic rings. The molecule has 1 amide bonds. The normalized spacial score (nSPS) is 19.0. The number of sulfone groups is 1. The van der Waals surface area contributed by atoms with Crippen LogP contribution in [0.1, 0.15) is 23.2 Å². The summed E-state index contributed by atoms with van der Waals surface area (Å²) in [5, 5.41) is 2.65. The summed E-state index contributed by atoms with van der Waals surface area (Å²) in [7, 11) is -2.98. The fourth-order valence-electron chi connectivity index (χ4n) is 1.93. The highest BCUT2D eigenvalue weighted by Gasteiger charge is 2.25. The number of carbonyl (C=O) groups excluding carboxylic acids is 1. The van der Waals surface area contributed by atoms with Crippen molar-refractivity contribution in [3.63, 3.8) is 0 Å². The lowest BCUT2D eigenvalue weighted by Gasteiger charge is -2.23. The van der Waals surface area contributed by atoms with Gasteiger partial charge in [0, 0.05) is 6.04 Å². The Hall–Kier alpha value is -1.70. The quantitative estimate of drug-likeness (QED) is 0.803. The Kier molecular flexibility index (Phi) is 3.70. The second kappa shape index (κ2) is 5.12. The lowest BCUT2D eigenvalue weighted by Crippen LogP contribution is -2.41. The summed E-state index contributed by atoms with van der Waals surface area (Å²) in [4.78, 5) is 15.5. The molecule has 1 aromatic heterocycles. The molecule has 0 saturated carbocycles. The molecule has 0 radical (unpaired) electrons. The van der Waals surface area contributed by atoms with E-state index in [2.05, 4.69) is 10.3 Å². The number of hydrogen-bond donors (Lipinski definition) is 2. The number of amides is 1. The minimum atomic E-state index is -2.98. The summed E-state index contributed by atoms with van der Waals surface area (Å²) in [5.41, 5.74) is 5.47. The predicted octanol–water partition coefficient (Wildman–Crippen LogP) is 0.110. The lowest BCUT2D eigenvalue weighted by atomic mass is 10.1. The maximum absolute atomic E-state index is 13.0. The second-order valence-corrected chi connectivity index (χ2v) is 6.79. The van der Waals surface area contributed by atoms with Crippen molar-refractivity contribution in [2.45, 2.75) is 18.9 Å². The highest BCUT2D eigenvalue weighted by molar-refractivity contribution is 7.91. The fourth-order valence-corrected chi connectivity index (χ4v) is 3.42. The van der Waals surface area contributed by atoms with Crippen LogP contribution in [0, 0.1) is 5.82 Å². The molecular weight excluding hydrogens is 273 g/mol. The zero-order valence-corrected chi connectivity index (χ0v) is 10.9. The summed E-state index contributed by atoms with van der Waals surface area (Å²) in [6, 6.07) is 0.774. The summed E-state index contributed by atoms with van der Waals surface area (Å²) in [6.07, 6.45) is 1.65. The summed E-state index contributed by atoms with van der Waals surface area (Å²) in [5.74, 6) is -1.13. The van der Waals surface area contributed by atoms with Crippen LogP contribution in [0.2, 0.25) is 0 Å². The van der Waals surface area contributed by atoms with E-state index in [9.17, 15) is 17.6 Å². The van der Waals surface area contributed by atoms with E-state index in [0.29, 0.717) is 12.8 Å². The van der Waals surface area contributed by atoms with E-state index in [4.69, 9.17) is 5.73 Å².